The molecular weight excluding hydrogens is 214 g/mol. The van der Waals surface area contributed by atoms with E-state index in [0.717, 1.165) is 0 Å². The van der Waals surface area contributed by atoms with Gasteiger partial charge in [-0.15, -0.1) is 11.6 Å². The van der Waals surface area contributed by atoms with E-state index in [1.165, 1.54) is 0 Å². The zero-order chi connectivity index (χ0) is 9.84. The second-order valence-corrected chi connectivity index (χ2v) is 3.16. The quantitative estimate of drug-likeness (QED) is 0.416. The Morgan fingerprint density at radius 1 is 1.77 bits per heavy atom. The van der Waals surface area contributed by atoms with E-state index in [2.05, 4.69) is 16.0 Å². The fourth-order valence-electron chi connectivity index (χ4n) is 0.928. The molecule has 0 bridgehead atoms. The van der Waals surface area contributed by atoms with Crippen LogP contribution in [0, 0.1) is 0 Å². The maximum absolute atomic E-state index is 10.9. The number of alkyl halides is 1. The number of amides is 2. The highest BCUT2D eigenvalue weighted by Gasteiger charge is 2.22. The Bertz CT molecular complexity index is 242. The third kappa shape index (κ3) is 3.16. The fraction of sp³-hybridized carbons (Fsp3) is 0.500. The summed E-state index contributed by atoms with van der Waals surface area (Å²) in [6, 6.07) is 0. The molecule has 2 amide bonds. The van der Waals surface area contributed by atoms with E-state index >= 15 is 0 Å². The Kier molecular flexibility index (Phi) is 3.44. The normalized spacial score (nSPS) is 21.8. The van der Waals surface area contributed by atoms with E-state index in [9.17, 15) is 9.59 Å². The molecule has 0 saturated carbocycles. The van der Waals surface area contributed by atoms with Crippen molar-refractivity contribution in [2.24, 2.45) is 0 Å². The summed E-state index contributed by atoms with van der Waals surface area (Å²) in [6.45, 7) is 0. The van der Waals surface area contributed by atoms with Gasteiger partial charge in [-0.1, -0.05) is 0 Å². The van der Waals surface area contributed by atoms with Crippen LogP contribution in [0.15, 0.2) is 0 Å². The van der Waals surface area contributed by atoms with Crippen molar-refractivity contribution in [1.82, 2.24) is 16.0 Å². The van der Waals surface area contributed by atoms with Gasteiger partial charge in [-0.05, 0) is 12.2 Å². The van der Waals surface area contributed by atoms with Crippen LogP contribution in [-0.4, -0.2) is 29.0 Å². The molecule has 1 saturated heterocycles. The molecule has 1 heterocycles. The van der Waals surface area contributed by atoms with Gasteiger partial charge in [0.05, 0.1) is 6.42 Å². The highest BCUT2D eigenvalue weighted by atomic mass is 35.5. The fourth-order valence-corrected chi connectivity index (χ4v) is 1.26. The van der Waals surface area contributed by atoms with Crippen molar-refractivity contribution in [2.75, 3.05) is 5.88 Å². The predicted octanol–water partition coefficient (Wildman–Crippen LogP) is -0.938. The van der Waals surface area contributed by atoms with Crippen molar-refractivity contribution in [3.63, 3.8) is 0 Å². The van der Waals surface area contributed by atoms with Gasteiger partial charge in [0.25, 0.3) is 0 Å². The SMILES string of the molecule is O=C1CC(NC(=O)CCl)NC(=S)N1. The largest absolute Gasteiger partial charge is 0.342 e. The Morgan fingerprint density at radius 3 is 3.00 bits per heavy atom. The molecule has 1 aliphatic heterocycles. The van der Waals surface area contributed by atoms with Crippen LogP contribution in [0.2, 0.25) is 0 Å². The molecule has 1 rings (SSSR count). The lowest BCUT2D eigenvalue weighted by molar-refractivity contribution is -0.122. The molecule has 1 fully saturated rings. The lowest BCUT2D eigenvalue weighted by Crippen LogP contribution is -2.58. The number of hydrogen-bond donors (Lipinski definition) is 3. The van der Waals surface area contributed by atoms with Crippen LogP contribution in [0.4, 0.5) is 0 Å². The van der Waals surface area contributed by atoms with Gasteiger partial charge in [-0.25, -0.2) is 0 Å². The van der Waals surface area contributed by atoms with Gasteiger partial charge in [-0.3, -0.25) is 9.59 Å². The topological polar surface area (TPSA) is 70.2 Å². The number of carbonyl (C=O) groups is 2. The van der Waals surface area contributed by atoms with Crippen molar-refractivity contribution in [3.05, 3.63) is 0 Å². The molecule has 0 aliphatic carbocycles. The van der Waals surface area contributed by atoms with E-state index in [1.807, 2.05) is 0 Å². The number of rotatable bonds is 2. The average molecular weight is 222 g/mol. The van der Waals surface area contributed by atoms with Gasteiger partial charge >= 0.3 is 0 Å². The molecule has 1 unspecified atom stereocenters. The molecule has 3 N–H and O–H groups in total. The Morgan fingerprint density at radius 2 is 2.46 bits per heavy atom. The molecule has 72 valence electrons. The summed E-state index contributed by atoms with van der Waals surface area (Å²) < 4.78 is 0. The molecule has 7 heteroatoms. The van der Waals surface area contributed by atoms with E-state index in [4.69, 9.17) is 23.8 Å². The monoisotopic (exact) mass is 221 g/mol. The first kappa shape index (κ1) is 10.2. The lowest BCUT2D eigenvalue weighted by atomic mass is 10.3. The average Bonchev–Trinajstić information content (AvgIpc) is 2.02. The lowest BCUT2D eigenvalue weighted by Gasteiger charge is -2.25. The second-order valence-electron chi connectivity index (χ2n) is 2.48. The van der Waals surface area contributed by atoms with Crippen LogP contribution in [0.5, 0.6) is 0 Å². The van der Waals surface area contributed by atoms with Gasteiger partial charge in [0.1, 0.15) is 12.0 Å². The van der Waals surface area contributed by atoms with Crippen LogP contribution in [0.1, 0.15) is 6.42 Å². The first-order valence-electron chi connectivity index (χ1n) is 3.57. The molecule has 1 atom stereocenters. The van der Waals surface area contributed by atoms with Crippen LogP contribution >= 0.6 is 23.8 Å². The standard InChI is InChI=1S/C6H8ClN3O2S/c7-2-5(12)8-3-1-4(11)10-6(13)9-3/h3H,1-2H2,(H,8,12)(H2,9,10,11,13). The minimum absolute atomic E-state index is 0.132. The maximum Gasteiger partial charge on any atom is 0.236 e. The van der Waals surface area contributed by atoms with Crippen LogP contribution < -0.4 is 16.0 Å². The van der Waals surface area contributed by atoms with Crippen LogP contribution in [0.25, 0.3) is 0 Å². The van der Waals surface area contributed by atoms with Crippen molar-refractivity contribution < 1.29 is 9.59 Å². The molecule has 0 aromatic carbocycles. The third-order valence-electron chi connectivity index (χ3n) is 1.40. The zero-order valence-corrected chi connectivity index (χ0v) is 8.17. The van der Waals surface area contributed by atoms with E-state index in [0.29, 0.717) is 0 Å². The van der Waals surface area contributed by atoms with Crippen molar-refractivity contribution in [3.8, 4) is 0 Å². The summed E-state index contributed by atoms with van der Waals surface area (Å²) in [5.41, 5.74) is 0. The van der Waals surface area contributed by atoms with Gasteiger partial charge in [-0.2, -0.15) is 0 Å². The first-order valence-corrected chi connectivity index (χ1v) is 4.52. The predicted molar refractivity (Wildman–Crippen MR) is 51.1 cm³/mol. The Hall–Kier alpha value is -0.880. The van der Waals surface area contributed by atoms with Crippen molar-refractivity contribution >= 4 is 40.7 Å². The smallest absolute Gasteiger partial charge is 0.236 e. The van der Waals surface area contributed by atoms with Gasteiger partial charge in [0.2, 0.25) is 11.8 Å². The molecule has 0 spiro atoms. The summed E-state index contributed by atoms with van der Waals surface area (Å²) in [5.74, 6) is -0.688. The molecule has 5 nitrogen and oxygen atoms in total. The Labute approximate surface area is 85.2 Å². The van der Waals surface area contributed by atoms with E-state index < -0.39 is 6.17 Å². The number of thiocarbonyl (C=S) groups is 1. The first-order chi connectivity index (χ1) is 6.11. The van der Waals surface area contributed by atoms with Gasteiger partial charge in [0, 0.05) is 0 Å². The molecule has 1 aliphatic rings. The summed E-state index contributed by atoms with van der Waals surface area (Å²) in [6.07, 6.45) is -0.296. The van der Waals surface area contributed by atoms with Gasteiger partial charge in [0.15, 0.2) is 5.11 Å². The summed E-state index contributed by atoms with van der Waals surface area (Å²) in [4.78, 5) is 21.8. The number of nitrogens with one attached hydrogen (secondary N) is 3. The van der Waals surface area contributed by atoms with Gasteiger partial charge < -0.3 is 16.0 Å². The molecule has 0 aromatic rings. The summed E-state index contributed by atoms with van der Waals surface area (Å²) in [5, 5.41) is 7.84. The zero-order valence-electron chi connectivity index (χ0n) is 6.59. The highest BCUT2D eigenvalue weighted by molar-refractivity contribution is 7.80. The summed E-state index contributed by atoms with van der Waals surface area (Å²) in [7, 11) is 0. The van der Waals surface area contributed by atoms with Crippen molar-refractivity contribution in [2.45, 2.75) is 12.6 Å². The van der Waals surface area contributed by atoms with Crippen LogP contribution in [0.3, 0.4) is 0 Å². The Balaban J connectivity index is 2.46. The molecular formula is C6H8ClN3O2S. The maximum atomic E-state index is 10.9. The van der Waals surface area contributed by atoms with Crippen molar-refractivity contribution in [1.29, 1.82) is 0 Å². The van der Waals surface area contributed by atoms with E-state index in [1.54, 1.807) is 0 Å². The number of carbonyl (C=O) groups excluding carboxylic acids is 2. The number of hydrogen-bond acceptors (Lipinski definition) is 3. The molecule has 0 radical (unpaired) electrons. The van der Waals surface area contributed by atoms with Crippen LogP contribution in [-0.2, 0) is 9.59 Å². The minimum Gasteiger partial charge on any atom is -0.342 e. The third-order valence-corrected chi connectivity index (χ3v) is 1.87. The number of halogens is 1. The molecule has 0 aromatic heterocycles. The van der Waals surface area contributed by atoms with E-state index in [-0.39, 0.29) is 29.2 Å². The highest BCUT2D eigenvalue weighted by Crippen LogP contribution is 1.94. The minimum atomic E-state index is -0.451. The second kappa shape index (κ2) is 4.38. The summed E-state index contributed by atoms with van der Waals surface area (Å²) >= 11 is 9.99. The molecule has 13 heavy (non-hydrogen) atoms.